The van der Waals surface area contributed by atoms with Gasteiger partial charge in [0.25, 0.3) is 0 Å². The lowest BCUT2D eigenvalue weighted by atomic mass is 10.1. The highest BCUT2D eigenvalue weighted by Crippen LogP contribution is 2.23. The van der Waals surface area contributed by atoms with Crippen molar-refractivity contribution in [2.24, 2.45) is 0 Å². The van der Waals surface area contributed by atoms with E-state index in [0.717, 1.165) is 21.3 Å². The number of carbonyl (C=O) groups is 1. The van der Waals surface area contributed by atoms with Gasteiger partial charge in [-0.3, -0.25) is 0 Å². The van der Waals surface area contributed by atoms with Crippen LogP contribution in [0.25, 0.3) is 0 Å². The summed E-state index contributed by atoms with van der Waals surface area (Å²) in [6, 6.07) is 12.7. The molecule has 0 spiro atoms. The highest BCUT2D eigenvalue weighted by Gasteiger charge is 2.12. The van der Waals surface area contributed by atoms with Crippen LogP contribution < -0.4 is 10.6 Å². The molecule has 0 aliphatic carbocycles. The van der Waals surface area contributed by atoms with Crippen LogP contribution in [0.2, 0.25) is 5.02 Å². The Morgan fingerprint density at radius 3 is 2.62 bits per heavy atom. The number of benzene rings is 2. The summed E-state index contributed by atoms with van der Waals surface area (Å²) in [5.74, 6) is 0. The Morgan fingerprint density at radius 2 is 1.95 bits per heavy atom. The molecular weight excluding hydrogens is 352 g/mol. The van der Waals surface area contributed by atoms with Gasteiger partial charge >= 0.3 is 6.03 Å². The van der Waals surface area contributed by atoms with Crippen molar-refractivity contribution in [3.05, 3.63) is 63.1 Å². The fourth-order valence-corrected chi connectivity index (χ4v) is 2.80. The minimum Gasteiger partial charge on any atom is -0.331 e. The zero-order valence-corrected chi connectivity index (χ0v) is 14.1. The first-order valence-electron chi connectivity index (χ1n) is 6.55. The van der Waals surface area contributed by atoms with Gasteiger partial charge in [0, 0.05) is 15.2 Å². The Labute approximate surface area is 137 Å². The number of rotatable bonds is 3. The number of anilines is 1. The Morgan fingerprint density at radius 1 is 1.24 bits per heavy atom. The smallest absolute Gasteiger partial charge is 0.319 e. The summed E-state index contributed by atoms with van der Waals surface area (Å²) in [6.07, 6.45) is 0. The van der Waals surface area contributed by atoms with Crippen LogP contribution in [0, 0.1) is 6.92 Å². The van der Waals surface area contributed by atoms with Gasteiger partial charge in [0.05, 0.1) is 6.04 Å². The van der Waals surface area contributed by atoms with Crippen molar-refractivity contribution < 1.29 is 4.79 Å². The summed E-state index contributed by atoms with van der Waals surface area (Å²) >= 11 is 9.53. The van der Waals surface area contributed by atoms with E-state index in [1.54, 1.807) is 0 Å². The largest absolute Gasteiger partial charge is 0.331 e. The zero-order valence-electron chi connectivity index (χ0n) is 11.8. The predicted molar refractivity (Wildman–Crippen MR) is 90.9 cm³/mol. The maximum Gasteiger partial charge on any atom is 0.319 e. The molecule has 0 aliphatic heterocycles. The molecule has 2 aromatic carbocycles. The molecule has 1 unspecified atom stereocenters. The Balaban J connectivity index is 2.03. The molecule has 5 heteroatoms. The summed E-state index contributed by atoms with van der Waals surface area (Å²) in [7, 11) is 0. The second-order valence-corrected chi connectivity index (χ2v) is 6.12. The molecule has 2 N–H and O–H groups in total. The number of carbonyl (C=O) groups excluding carboxylic acids is 1. The van der Waals surface area contributed by atoms with Crippen LogP contribution >= 0.6 is 27.5 Å². The van der Waals surface area contributed by atoms with Gasteiger partial charge in [-0.15, -0.1) is 0 Å². The SMILES string of the molecule is Cc1cc(Br)ccc1NC(=O)NC(C)c1ccccc1Cl. The fraction of sp³-hybridized carbons (Fsp3) is 0.188. The molecule has 1 atom stereocenters. The van der Waals surface area contributed by atoms with Crippen molar-refractivity contribution in [2.75, 3.05) is 5.32 Å². The topological polar surface area (TPSA) is 41.1 Å². The third-order valence-electron chi connectivity index (χ3n) is 3.16. The van der Waals surface area contributed by atoms with Crippen LogP contribution in [0.5, 0.6) is 0 Å². The first-order valence-corrected chi connectivity index (χ1v) is 7.72. The van der Waals surface area contributed by atoms with E-state index in [4.69, 9.17) is 11.6 Å². The molecule has 0 saturated heterocycles. The van der Waals surface area contributed by atoms with E-state index in [9.17, 15) is 4.79 Å². The molecule has 0 saturated carbocycles. The number of aryl methyl sites for hydroxylation is 1. The number of urea groups is 1. The molecule has 21 heavy (non-hydrogen) atoms. The van der Waals surface area contributed by atoms with E-state index < -0.39 is 0 Å². The van der Waals surface area contributed by atoms with E-state index in [1.165, 1.54) is 0 Å². The average Bonchev–Trinajstić information content (AvgIpc) is 2.42. The second-order valence-electron chi connectivity index (χ2n) is 4.80. The van der Waals surface area contributed by atoms with E-state index in [1.807, 2.05) is 56.3 Å². The van der Waals surface area contributed by atoms with Crippen LogP contribution in [0.3, 0.4) is 0 Å². The molecule has 0 bridgehead atoms. The van der Waals surface area contributed by atoms with Crippen molar-refractivity contribution in [2.45, 2.75) is 19.9 Å². The van der Waals surface area contributed by atoms with Crippen molar-refractivity contribution in [1.29, 1.82) is 0 Å². The average molecular weight is 368 g/mol. The maximum atomic E-state index is 12.1. The zero-order chi connectivity index (χ0) is 15.4. The standard InChI is InChI=1S/C16H16BrClN2O/c1-10-9-12(17)7-8-15(10)20-16(21)19-11(2)13-5-3-4-6-14(13)18/h3-9,11H,1-2H3,(H2,19,20,21). The van der Waals surface area contributed by atoms with E-state index in [-0.39, 0.29) is 12.1 Å². The lowest BCUT2D eigenvalue weighted by molar-refractivity contribution is 0.249. The van der Waals surface area contributed by atoms with Gasteiger partial charge in [0.1, 0.15) is 0 Å². The molecule has 2 amide bonds. The first kappa shape index (κ1) is 15.9. The predicted octanol–water partition coefficient (Wildman–Crippen LogP) is 5.29. The fourth-order valence-electron chi connectivity index (χ4n) is 2.03. The van der Waals surface area contributed by atoms with E-state index >= 15 is 0 Å². The second kappa shape index (κ2) is 6.96. The maximum absolute atomic E-state index is 12.1. The lowest BCUT2D eigenvalue weighted by Gasteiger charge is -2.17. The third-order valence-corrected chi connectivity index (χ3v) is 3.99. The Kier molecular flexibility index (Phi) is 5.26. The number of hydrogen-bond donors (Lipinski definition) is 2. The molecule has 2 rings (SSSR count). The summed E-state index contributed by atoms with van der Waals surface area (Å²) in [5, 5.41) is 6.37. The summed E-state index contributed by atoms with van der Waals surface area (Å²) < 4.78 is 0.982. The van der Waals surface area contributed by atoms with Gasteiger partial charge in [0.15, 0.2) is 0 Å². The molecule has 0 aliphatic rings. The summed E-state index contributed by atoms with van der Waals surface area (Å²) in [5.41, 5.74) is 2.66. The molecule has 0 fully saturated rings. The lowest BCUT2D eigenvalue weighted by Crippen LogP contribution is -2.31. The quantitative estimate of drug-likeness (QED) is 0.760. The summed E-state index contributed by atoms with van der Waals surface area (Å²) in [6.45, 7) is 3.84. The van der Waals surface area contributed by atoms with Gasteiger partial charge in [-0.2, -0.15) is 0 Å². The minimum absolute atomic E-state index is 0.172. The third kappa shape index (κ3) is 4.22. The van der Waals surface area contributed by atoms with Crippen LogP contribution in [-0.4, -0.2) is 6.03 Å². The van der Waals surface area contributed by atoms with E-state index in [0.29, 0.717) is 5.02 Å². The highest BCUT2D eigenvalue weighted by molar-refractivity contribution is 9.10. The number of hydrogen-bond acceptors (Lipinski definition) is 1. The van der Waals surface area contributed by atoms with Gasteiger partial charge in [-0.25, -0.2) is 4.79 Å². The van der Waals surface area contributed by atoms with E-state index in [2.05, 4.69) is 26.6 Å². The molecular formula is C16H16BrClN2O. The number of nitrogens with one attached hydrogen (secondary N) is 2. The van der Waals surface area contributed by atoms with Gasteiger partial charge in [-0.05, 0) is 49.2 Å². The van der Waals surface area contributed by atoms with Crippen LogP contribution in [0.1, 0.15) is 24.1 Å². The normalized spacial score (nSPS) is 11.8. The van der Waals surface area contributed by atoms with Crippen molar-refractivity contribution in [1.82, 2.24) is 5.32 Å². The molecule has 0 radical (unpaired) electrons. The highest BCUT2D eigenvalue weighted by atomic mass is 79.9. The van der Waals surface area contributed by atoms with Crippen molar-refractivity contribution >= 4 is 39.2 Å². The Hall–Kier alpha value is -1.52. The van der Waals surface area contributed by atoms with Crippen molar-refractivity contribution in [3.63, 3.8) is 0 Å². The monoisotopic (exact) mass is 366 g/mol. The molecule has 0 aromatic heterocycles. The van der Waals surface area contributed by atoms with Crippen LogP contribution in [0.4, 0.5) is 10.5 Å². The number of halogens is 2. The molecule has 2 aromatic rings. The molecule has 0 heterocycles. The minimum atomic E-state index is -0.257. The van der Waals surface area contributed by atoms with Gasteiger partial charge < -0.3 is 10.6 Å². The molecule has 3 nitrogen and oxygen atoms in total. The van der Waals surface area contributed by atoms with Gasteiger partial charge in [-0.1, -0.05) is 45.7 Å². The summed E-state index contributed by atoms with van der Waals surface area (Å²) in [4.78, 5) is 12.1. The van der Waals surface area contributed by atoms with Crippen molar-refractivity contribution in [3.8, 4) is 0 Å². The first-order chi connectivity index (χ1) is 9.97. The van der Waals surface area contributed by atoms with Crippen LogP contribution in [0.15, 0.2) is 46.9 Å². The van der Waals surface area contributed by atoms with Gasteiger partial charge in [0.2, 0.25) is 0 Å². The number of amides is 2. The van der Waals surface area contributed by atoms with Crippen LogP contribution in [-0.2, 0) is 0 Å². The Bertz CT molecular complexity index is 660. The molecule has 110 valence electrons.